The van der Waals surface area contributed by atoms with Crippen LogP contribution >= 0.6 is 7.82 Å². The zero-order chi connectivity index (χ0) is 26.9. The van der Waals surface area contributed by atoms with Crippen LogP contribution < -0.4 is 15.8 Å². The maximum absolute atomic E-state index is 13.0. The van der Waals surface area contributed by atoms with Crippen LogP contribution in [-0.4, -0.2) is 39.4 Å². The molecule has 1 unspecified atom stereocenters. The van der Waals surface area contributed by atoms with E-state index in [4.69, 9.17) is 29.7 Å². The van der Waals surface area contributed by atoms with Gasteiger partial charge in [0.15, 0.2) is 0 Å². The summed E-state index contributed by atoms with van der Waals surface area (Å²) in [5.41, 5.74) is 7.85. The van der Waals surface area contributed by atoms with Crippen molar-refractivity contribution in [2.75, 3.05) is 19.0 Å². The maximum Gasteiger partial charge on any atom is 0.466 e. The van der Waals surface area contributed by atoms with Crippen LogP contribution in [0.15, 0.2) is 48.7 Å². The summed E-state index contributed by atoms with van der Waals surface area (Å²) in [4.78, 5) is 26.1. The third-order valence-corrected chi connectivity index (χ3v) is 5.00. The van der Waals surface area contributed by atoms with Crippen molar-refractivity contribution in [1.82, 2.24) is 4.98 Å². The summed E-state index contributed by atoms with van der Waals surface area (Å²) in [5.74, 6) is 0.669. The van der Waals surface area contributed by atoms with Gasteiger partial charge in [-0.3, -0.25) is 4.98 Å². The van der Waals surface area contributed by atoms with E-state index in [2.05, 4.69) is 17.2 Å². The van der Waals surface area contributed by atoms with E-state index in [1.165, 1.54) is 6.07 Å². The van der Waals surface area contributed by atoms with Crippen molar-refractivity contribution in [3.8, 4) is 5.75 Å². The number of nitrogens with one attached hydrogen (secondary N) is 1. The van der Waals surface area contributed by atoms with Crippen molar-refractivity contribution in [2.24, 2.45) is 5.73 Å². The van der Waals surface area contributed by atoms with Crippen molar-refractivity contribution >= 4 is 36.6 Å². The summed E-state index contributed by atoms with van der Waals surface area (Å²) < 4.78 is 53.3. The Bertz CT molecular complexity index is 1220. The Labute approximate surface area is 206 Å². The Morgan fingerprint density at radius 1 is 1.17 bits per heavy atom. The number of pyridine rings is 1. The number of rotatable bonds is 8. The van der Waals surface area contributed by atoms with Crippen LogP contribution in [-0.2, 0) is 10.7 Å². The molecule has 36 heavy (non-hydrogen) atoms. The summed E-state index contributed by atoms with van der Waals surface area (Å²) in [6.45, 7) is 2.71. The van der Waals surface area contributed by atoms with Crippen LogP contribution in [0.4, 0.5) is 18.9 Å². The van der Waals surface area contributed by atoms with E-state index < -0.39 is 19.6 Å². The minimum Gasteiger partial charge on any atom is -0.497 e. The molecule has 6 N–H and O–H groups in total. The Kier molecular flexibility index (Phi) is 10.4. The van der Waals surface area contributed by atoms with Crippen LogP contribution in [0.25, 0.3) is 23.1 Å². The summed E-state index contributed by atoms with van der Waals surface area (Å²) in [6.07, 6.45) is 2.61. The molecule has 3 rings (SSSR count). The van der Waals surface area contributed by atoms with Crippen LogP contribution in [0.2, 0.25) is 0 Å². The number of alkyl halides is 3. The van der Waals surface area contributed by atoms with E-state index in [0.717, 1.165) is 47.1 Å². The van der Waals surface area contributed by atoms with E-state index in [0.29, 0.717) is 17.9 Å². The molecule has 0 fully saturated rings. The molecule has 1 heterocycles. The lowest BCUT2D eigenvalue weighted by Gasteiger charge is -2.18. The SMILES string of the molecule is COc1cc(NC(C)CCCN)c2nccc(/C=C/c3cccc(C(F)(F)F)c3)c2c1.O=P(O)(O)O. The summed E-state index contributed by atoms with van der Waals surface area (Å²) in [5, 5.41) is 4.32. The van der Waals surface area contributed by atoms with Gasteiger partial charge in [0.25, 0.3) is 0 Å². The maximum atomic E-state index is 13.0. The monoisotopic (exact) mass is 527 g/mol. The Morgan fingerprint density at radius 3 is 2.47 bits per heavy atom. The number of phosphoric acid groups is 1. The molecule has 0 aliphatic rings. The summed E-state index contributed by atoms with van der Waals surface area (Å²) in [6, 6.07) is 11.0. The van der Waals surface area contributed by atoms with Gasteiger partial charge in [0.1, 0.15) is 5.75 Å². The van der Waals surface area contributed by atoms with Crippen LogP contribution in [0.1, 0.15) is 36.5 Å². The highest BCUT2D eigenvalue weighted by Gasteiger charge is 2.30. The molecular formula is C24H29F3N3O5P. The predicted octanol–water partition coefficient (Wildman–Crippen LogP) is 5.04. The molecule has 0 aliphatic heterocycles. The smallest absolute Gasteiger partial charge is 0.466 e. The van der Waals surface area contributed by atoms with Gasteiger partial charge in [0.05, 0.1) is 23.9 Å². The van der Waals surface area contributed by atoms with Gasteiger partial charge in [0, 0.05) is 23.7 Å². The van der Waals surface area contributed by atoms with Gasteiger partial charge in [0.2, 0.25) is 0 Å². The third kappa shape index (κ3) is 9.60. The van der Waals surface area contributed by atoms with Crippen molar-refractivity contribution in [1.29, 1.82) is 0 Å². The molecule has 8 nitrogen and oxygen atoms in total. The van der Waals surface area contributed by atoms with Gasteiger partial charge < -0.3 is 30.5 Å². The molecule has 196 valence electrons. The molecule has 1 aromatic heterocycles. The number of benzene rings is 2. The predicted molar refractivity (Wildman–Crippen MR) is 134 cm³/mol. The van der Waals surface area contributed by atoms with Gasteiger partial charge in [-0.25, -0.2) is 4.57 Å². The lowest BCUT2D eigenvalue weighted by atomic mass is 10.0. The number of anilines is 1. The lowest BCUT2D eigenvalue weighted by Crippen LogP contribution is -2.17. The van der Waals surface area contributed by atoms with E-state index >= 15 is 0 Å². The van der Waals surface area contributed by atoms with Gasteiger partial charge in [-0.2, -0.15) is 13.2 Å². The number of methoxy groups -OCH3 is 1. The molecule has 3 aromatic rings. The molecule has 2 aromatic carbocycles. The number of fused-ring (bicyclic) bond motifs is 1. The first-order chi connectivity index (χ1) is 16.8. The highest BCUT2D eigenvalue weighted by Crippen LogP contribution is 2.33. The number of aromatic nitrogens is 1. The topological polar surface area (TPSA) is 138 Å². The molecule has 0 aliphatic carbocycles. The highest BCUT2D eigenvalue weighted by molar-refractivity contribution is 7.45. The summed E-state index contributed by atoms with van der Waals surface area (Å²) in [7, 11) is -3.04. The van der Waals surface area contributed by atoms with Crippen molar-refractivity contribution in [2.45, 2.75) is 32.0 Å². The zero-order valence-electron chi connectivity index (χ0n) is 19.7. The minimum atomic E-state index is -4.64. The van der Waals surface area contributed by atoms with Gasteiger partial charge in [-0.1, -0.05) is 24.3 Å². The minimum absolute atomic E-state index is 0.199. The number of nitrogens with two attached hydrogens (primary N) is 1. The molecular weight excluding hydrogens is 498 g/mol. The van der Waals surface area contributed by atoms with E-state index in [-0.39, 0.29) is 6.04 Å². The first-order valence-electron chi connectivity index (χ1n) is 10.9. The van der Waals surface area contributed by atoms with E-state index in [1.54, 1.807) is 31.5 Å². The van der Waals surface area contributed by atoms with Crippen molar-refractivity contribution in [3.05, 3.63) is 65.4 Å². The van der Waals surface area contributed by atoms with Gasteiger partial charge in [-0.05, 0) is 61.7 Å². The van der Waals surface area contributed by atoms with Gasteiger partial charge >= 0.3 is 14.0 Å². The first-order valence-corrected chi connectivity index (χ1v) is 12.5. The largest absolute Gasteiger partial charge is 0.497 e. The molecule has 0 saturated carbocycles. The molecule has 1 atom stereocenters. The molecule has 0 bridgehead atoms. The fourth-order valence-electron chi connectivity index (χ4n) is 3.39. The van der Waals surface area contributed by atoms with E-state index in [9.17, 15) is 13.2 Å². The highest BCUT2D eigenvalue weighted by atomic mass is 31.2. The average Bonchev–Trinajstić information content (AvgIpc) is 2.80. The van der Waals surface area contributed by atoms with Crippen LogP contribution in [0, 0.1) is 0 Å². The quantitative estimate of drug-likeness (QED) is 0.257. The van der Waals surface area contributed by atoms with E-state index in [1.807, 2.05) is 18.2 Å². The standard InChI is InChI=1S/C24H26F3N3O.H3O4P/c1-16(5-4-11-28)30-22-15-20(31-2)14-21-18(10-12-29-23(21)22)9-8-17-6-3-7-19(13-17)24(25,26)27;1-5(2,3)4/h3,6-10,12-16,30H,4-5,11,28H2,1-2H3;(H3,1,2,3,4)/b9-8+;. The first kappa shape index (κ1) is 29.3. The fraction of sp³-hybridized carbons (Fsp3) is 0.292. The van der Waals surface area contributed by atoms with Crippen molar-refractivity contribution in [3.63, 3.8) is 0 Å². The second kappa shape index (κ2) is 12.8. The Balaban J connectivity index is 0.000000830. The number of hydrogen-bond donors (Lipinski definition) is 5. The molecule has 0 spiro atoms. The molecule has 0 saturated heterocycles. The lowest BCUT2D eigenvalue weighted by molar-refractivity contribution is -0.137. The number of halogens is 3. The molecule has 0 amide bonds. The third-order valence-electron chi connectivity index (χ3n) is 5.00. The van der Waals surface area contributed by atoms with Gasteiger partial charge in [-0.15, -0.1) is 0 Å². The van der Waals surface area contributed by atoms with Crippen LogP contribution in [0.3, 0.4) is 0 Å². The number of hydrogen-bond acceptors (Lipinski definition) is 5. The average molecular weight is 527 g/mol. The second-order valence-corrected chi connectivity index (χ2v) is 8.94. The fourth-order valence-corrected chi connectivity index (χ4v) is 3.39. The molecule has 12 heteroatoms. The molecule has 0 radical (unpaired) electrons. The number of nitrogens with zero attached hydrogens (tertiary/aromatic N) is 1. The Hall–Kier alpha value is -2.95. The Morgan fingerprint density at radius 2 is 1.86 bits per heavy atom. The normalized spacial score (nSPS) is 12.8. The van der Waals surface area contributed by atoms with Crippen LogP contribution in [0.5, 0.6) is 5.75 Å². The van der Waals surface area contributed by atoms with Crippen molar-refractivity contribution < 1.29 is 37.2 Å². The zero-order valence-corrected chi connectivity index (χ0v) is 20.6. The number of ether oxygens (including phenoxy) is 1. The second-order valence-electron chi connectivity index (χ2n) is 7.92. The summed E-state index contributed by atoms with van der Waals surface area (Å²) >= 11 is 0.